The highest BCUT2D eigenvalue weighted by molar-refractivity contribution is 6.33. The number of para-hydroxylation sites is 1. The van der Waals surface area contributed by atoms with Crippen molar-refractivity contribution in [3.05, 3.63) is 65.3 Å². The van der Waals surface area contributed by atoms with E-state index >= 15 is 0 Å². The lowest BCUT2D eigenvalue weighted by Crippen LogP contribution is -2.08. The van der Waals surface area contributed by atoms with Crippen molar-refractivity contribution in [2.24, 2.45) is 0 Å². The quantitative estimate of drug-likeness (QED) is 0.543. The molecule has 4 rings (SSSR count). The van der Waals surface area contributed by atoms with E-state index in [1.54, 1.807) is 10.7 Å². The minimum absolute atomic E-state index is 0.480. The van der Waals surface area contributed by atoms with Crippen LogP contribution >= 0.6 is 11.6 Å². The van der Waals surface area contributed by atoms with Crippen LogP contribution in [0.3, 0.4) is 0 Å². The van der Waals surface area contributed by atoms with Gasteiger partial charge in [-0.1, -0.05) is 35.9 Å². The lowest BCUT2D eigenvalue weighted by molar-refractivity contribution is 0.980. The first-order valence-electron chi connectivity index (χ1n) is 8.37. The predicted octanol–water partition coefficient (Wildman–Crippen LogP) is 4.66. The summed E-state index contributed by atoms with van der Waals surface area (Å²) in [6.07, 6.45) is 1.64. The lowest BCUT2D eigenvalue weighted by Gasteiger charge is -2.13. The van der Waals surface area contributed by atoms with Crippen molar-refractivity contribution in [3.63, 3.8) is 0 Å². The van der Waals surface area contributed by atoms with Crippen molar-refractivity contribution in [2.45, 2.75) is 0 Å². The summed E-state index contributed by atoms with van der Waals surface area (Å²) in [4.78, 5) is 6.74. The molecule has 6 nitrogen and oxygen atoms in total. The molecule has 0 aliphatic heterocycles. The second-order valence-electron chi connectivity index (χ2n) is 6.31. The summed E-state index contributed by atoms with van der Waals surface area (Å²) < 4.78 is 1.76. The number of aromatic amines is 1. The van der Waals surface area contributed by atoms with Gasteiger partial charge in [-0.2, -0.15) is 5.26 Å². The molecule has 7 heteroatoms. The van der Waals surface area contributed by atoms with E-state index in [4.69, 9.17) is 16.6 Å². The summed E-state index contributed by atoms with van der Waals surface area (Å²) in [7, 11) is 4.00. The molecular weight excluding hydrogens is 360 g/mol. The molecule has 0 amide bonds. The van der Waals surface area contributed by atoms with Crippen molar-refractivity contribution < 1.29 is 0 Å². The van der Waals surface area contributed by atoms with Crippen LogP contribution in [0.15, 0.2) is 54.7 Å². The molecule has 0 bridgehead atoms. The first kappa shape index (κ1) is 17.0. The number of H-pyrrole nitrogens is 1. The molecule has 4 aromatic rings. The average Bonchev–Trinajstić information content (AvgIpc) is 3.23. The number of rotatable bonds is 4. The first-order chi connectivity index (χ1) is 13.1. The highest BCUT2D eigenvalue weighted by atomic mass is 35.5. The number of imidazole rings is 1. The SMILES string of the molecule is CN(C)c1ccc(-c2nc3c(C#N)c[nH]n3c2Nc2ccccc2Cl)cc1. The summed E-state index contributed by atoms with van der Waals surface area (Å²) in [5.74, 6) is 0.720. The van der Waals surface area contributed by atoms with Crippen LogP contribution in [0.25, 0.3) is 16.9 Å². The van der Waals surface area contributed by atoms with Crippen LogP contribution in [0.5, 0.6) is 0 Å². The van der Waals surface area contributed by atoms with Gasteiger partial charge < -0.3 is 10.2 Å². The van der Waals surface area contributed by atoms with E-state index in [0.717, 1.165) is 28.5 Å². The van der Waals surface area contributed by atoms with E-state index in [1.807, 2.05) is 67.5 Å². The van der Waals surface area contributed by atoms with Crippen LogP contribution < -0.4 is 10.2 Å². The van der Waals surface area contributed by atoms with Gasteiger partial charge in [0.25, 0.3) is 0 Å². The van der Waals surface area contributed by atoms with Gasteiger partial charge in [0, 0.05) is 31.5 Å². The number of hydrogen-bond donors (Lipinski definition) is 2. The minimum Gasteiger partial charge on any atom is -0.378 e. The number of benzene rings is 2. The fourth-order valence-electron chi connectivity index (χ4n) is 2.93. The largest absolute Gasteiger partial charge is 0.378 e. The number of nitrogens with zero attached hydrogens (tertiary/aromatic N) is 4. The number of nitrogens with one attached hydrogen (secondary N) is 2. The van der Waals surface area contributed by atoms with Crippen LogP contribution in [0, 0.1) is 11.3 Å². The fraction of sp³-hybridized carbons (Fsp3) is 0.100. The van der Waals surface area contributed by atoms with Crippen molar-refractivity contribution in [1.29, 1.82) is 5.26 Å². The summed E-state index contributed by atoms with van der Waals surface area (Å²) >= 11 is 6.32. The zero-order chi connectivity index (χ0) is 19.0. The van der Waals surface area contributed by atoms with Gasteiger partial charge in [-0.25, -0.2) is 9.50 Å². The first-order valence-corrected chi connectivity index (χ1v) is 8.75. The molecule has 0 saturated heterocycles. The number of hydrogen-bond acceptors (Lipinski definition) is 4. The van der Waals surface area contributed by atoms with Gasteiger partial charge in [-0.3, -0.25) is 5.10 Å². The molecule has 2 aromatic heterocycles. The summed E-state index contributed by atoms with van der Waals surface area (Å²) in [6.45, 7) is 0. The zero-order valence-electron chi connectivity index (χ0n) is 14.9. The van der Waals surface area contributed by atoms with Gasteiger partial charge in [0.05, 0.1) is 10.7 Å². The third-order valence-corrected chi connectivity index (χ3v) is 4.69. The summed E-state index contributed by atoms with van der Waals surface area (Å²) in [6, 6.07) is 17.8. The Morgan fingerprint density at radius 3 is 2.56 bits per heavy atom. The van der Waals surface area contributed by atoms with Crippen molar-refractivity contribution >= 4 is 34.4 Å². The Kier molecular flexibility index (Phi) is 4.22. The molecule has 27 heavy (non-hydrogen) atoms. The minimum atomic E-state index is 0.480. The second-order valence-corrected chi connectivity index (χ2v) is 6.72. The standard InChI is InChI=1S/C20H17ClN6/c1-26(2)15-9-7-13(8-10-15)18-20(24-17-6-4-3-5-16(17)21)27-19(25-18)14(11-22)12-23-27/h3-10,12,23-24H,1-2H3. The third kappa shape index (κ3) is 2.98. The Bertz CT molecular complexity index is 1150. The molecule has 134 valence electrons. The van der Waals surface area contributed by atoms with Gasteiger partial charge in [-0.05, 0) is 24.3 Å². The number of fused-ring (bicyclic) bond motifs is 1. The molecule has 0 aliphatic carbocycles. The maximum atomic E-state index is 9.36. The Hall–Kier alpha value is -3.43. The molecule has 0 saturated carbocycles. The van der Waals surface area contributed by atoms with Crippen molar-refractivity contribution in [3.8, 4) is 17.3 Å². The zero-order valence-corrected chi connectivity index (χ0v) is 15.6. The van der Waals surface area contributed by atoms with Gasteiger partial charge in [-0.15, -0.1) is 0 Å². The van der Waals surface area contributed by atoms with Crippen molar-refractivity contribution in [2.75, 3.05) is 24.3 Å². The van der Waals surface area contributed by atoms with Gasteiger partial charge in [0.15, 0.2) is 11.5 Å². The highest BCUT2D eigenvalue weighted by Crippen LogP contribution is 2.34. The van der Waals surface area contributed by atoms with E-state index in [2.05, 4.69) is 16.5 Å². The number of halogens is 1. The Morgan fingerprint density at radius 1 is 1.15 bits per heavy atom. The van der Waals surface area contributed by atoms with E-state index < -0.39 is 0 Å². The van der Waals surface area contributed by atoms with Gasteiger partial charge >= 0.3 is 0 Å². The number of aromatic nitrogens is 3. The molecular formula is C20H17ClN6. The molecule has 2 heterocycles. The fourth-order valence-corrected chi connectivity index (χ4v) is 3.11. The maximum absolute atomic E-state index is 9.36. The number of anilines is 3. The normalized spacial score (nSPS) is 10.7. The van der Waals surface area contributed by atoms with Crippen LogP contribution in [0.1, 0.15) is 5.56 Å². The lowest BCUT2D eigenvalue weighted by atomic mass is 10.1. The second kappa shape index (κ2) is 6.71. The van der Waals surface area contributed by atoms with E-state index in [9.17, 15) is 5.26 Å². The summed E-state index contributed by atoms with van der Waals surface area (Å²) in [5.41, 5.74) is 4.59. The molecule has 2 aromatic carbocycles. The van der Waals surface area contributed by atoms with E-state index in [-0.39, 0.29) is 0 Å². The van der Waals surface area contributed by atoms with Crippen LogP contribution in [-0.2, 0) is 0 Å². The third-order valence-electron chi connectivity index (χ3n) is 4.36. The highest BCUT2D eigenvalue weighted by Gasteiger charge is 2.19. The molecule has 0 atom stereocenters. The predicted molar refractivity (Wildman–Crippen MR) is 109 cm³/mol. The van der Waals surface area contributed by atoms with Crippen LogP contribution in [-0.4, -0.2) is 28.7 Å². The molecule has 0 unspecified atom stereocenters. The van der Waals surface area contributed by atoms with E-state index in [0.29, 0.717) is 16.2 Å². The molecule has 2 N–H and O–H groups in total. The topological polar surface area (TPSA) is 72.2 Å². The molecule has 0 spiro atoms. The molecule has 0 fully saturated rings. The maximum Gasteiger partial charge on any atom is 0.173 e. The average molecular weight is 377 g/mol. The molecule has 0 radical (unpaired) electrons. The molecule has 0 aliphatic rings. The Morgan fingerprint density at radius 2 is 1.89 bits per heavy atom. The van der Waals surface area contributed by atoms with Crippen LogP contribution in [0.4, 0.5) is 17.2 Å². The summed E-state index contributed by atoms with van der Waals surface area (Å²) in [5, 5.41) is 16.4. The van der Waals surface area contributed by atoms with E-state index in [1.165, 1.54) is 0 Å². The number of nitriles is 1. The smallest absolute Gasteiger partial charge is 0.173 e. The van der Waals surface area contributed by atoms with Crippen molar-refractivity contribution in [1.82, 2.24) is 14.6 Å². The monoisotopic (exact) mass is 376 g/mol. The Labute approximate surface area is 161 Å². The van der Waals surface area contributed by atoms with Gasteiger partial charge in [0.2, 0.25) is 0 Å². The Balaban J connectivity index is 1.87. The van der Waals surface area contributed by atoms with Crippen LogP contribution in [0.2, 0.25) is 5.02 Å². The van der Waals surface area contributed by atoms with Gasteiger partial charge in [0.1, 0.15) is 17.3 Å².